The van der Waals surface area contributed by atoms with Crippen molar-refractivity contribution in [2.75, 3.05) is 25.5 Å². The molecule has 2 aromatic carbocycles. The Morgan fingerprint density at radius 3 is 2.22 bits per heavy atom. The summed E-state index contributed by atoms with van der Waals surface area (Å²) in [7, 11) is -1.44. The van der Waals surface area contributed by atoms with Crippen molar-refractivity contribution >= 4 is 27.3 Å². The van der Waals surface area contributed by atoms with Gasteiger partial charge in [-0.05, 0) is 30.3 Å². The van der Waals surface area contributed by atoms with Crippen LogP contribution in [0, 0.1) is 0 Å². The summed E-state index contributed by atoms with van der Waals surface area (Å²) >= 11 is 5.82. The molecule has 6 nitrogen and oxygen atoms in total. The molecule has 0 bridgehead atoms. The highest BCUT2D eigenvalue weighted by Gasteiger charge is 2.29. The van der Waals surface area contributed by atoms with Crippen LogP contribution in [0.1, 0.15) is 0 Å². The number of alkyl halides is 3. The monoisotopic (exact) mass is 425 g/mol. The fraction of sp³-hybridized carbons (Fsp3) is 0.250. The third-order valence-corrected chi connectivity index (χ3v) is 4.84. The molecule has 0 aliphatic heterocycles. The molecule has 2 rings (SSSR count). The summed E-state index contributed by atoms with van der Waals surface area (Å²) < 4.78 is 79.3. The Kier molecular flexibility index (Phi) is 6.32. The molecule has 0 aliphatic carbocycles. The summed E-state index contributed by atoms with van der Waals surface area (Å²) in [6.45, 7) is -1.58. The lowest BCUT2D eigenvalue weighted by Gasteiger charge is -2.16. The van der Waals surface area contributed by atoms with Crippen LogP contribution < -0.4 is 18.9 Å². The highest BCUT2D eigenvalue weighted by molar-refractivity contribution is 7.92. The van der Waals surface area contributed by atoms with Crippen molar-refractivity contribution in [3.8, 4) is 17.2 Å². The SMILES string of the molecule is COc1ccc(S(=O)(=O)Nc2cc(Cl)ccc2OCC(F)(F)F)cc1OC. The van der Waals surface area contributed by atoms with Crippen LogP contribution in [0.5, 0.6) is 17.2 Å². The predicted molar refractivity (Wildman–Crippen MR) is 93.4 cm³/mol. The summed E-state index contributed by atoms with van der Waals surface area (Å²) in [4.78, 5) is -0.193. The van der Waals surface area contributed by atoms with E-state index in [4.69, 9.17) is 21.1 Å². The average Bonchev–Trinajstić information content (AvgIpc) is 2.59. The maximum atomic E-state index is 12.6. The molecular formula is C16H15ClF3NO5S. The molecule has 0 amide bonds. The highest BCUT2D eigenvalue weighted by atomic mass is 35.5. The van der Waals surface area contributed by atoms with Gasteiger partial charge >= 0.3 is 6.18 Å². The highest BCUT2D eigenvalue weighted by Crippen LogP contribution is 2.33. The molecule has 0 saturated carbocycles. The van der Waals surface area contributed by atoms with Gasteiger partial charge in [0.1, 0.15) is 5.75 Å². The molecular weight excluding hydrogens is 411 g/mol. The van der Waals surface area contributed by atoms with Gasteiger partial charge in [0.15, 0.2) is 18.1 Å². The van der Waals surface area contributed by atoms with Crippen LogP contribution in [0.4, 0.5) is 18.9 Å². The Balaban J connectivity index is 2.36. The fourth-order valence-electron chi connectivity index (χ4n) is 2.05. The largest absolute Gasteiger partial charge is 0.493 e. The van der Waals surface area contributed by atoms with E-state index in [1.54, 1.807) is 0 Å². The number of halogens is 4. The standard InChI is InChI=1S/C16H15ClF3NO5S/c1-24-14-6-4-11(8-15(14)25-2)27(22,23)21-12-7-10(17)3-5-13(12)26-9-16(18,19)20/h3-8,21H,9H2,1-2H3. The number of anilines is 1. The van der Waals surface area contributed by atoms with E-state index in [-0.39, 0.29) is 27.1 Å². The Morgan fingerprint density at radius 1 is 1.00 bits per heavy atom. The van der Waals surface area contributed by atoms with Crippen LogP contribution in [0.25, 0.3) is 0 Å². The van der Waals surface area contributed by atoms with Crippen LogP contribution in [0.15, 0.2) is 41.3 Å². The molecule has 27 heavy (non-hydrogen) atoms. The molecule has 148 valence electrons. The van der Waals surface area contributed by atoms with Gasteiger partial charge in [-0.2, -0.15) is 13.2 Å². The van der Waals surface area contributed by atoms with Crippen molar-refractivity contribution in [2.45, 2.75) is 11.1 Å². The van der Waals surface area contributed by atoms with Crippen molar-refractivity contribution < 1.29 is 35.8 Å². The molecule has 1 N–H and O–H groups in total. The molecule has 2 aromatic rings. The maximum Gasteiger partial charge on any atom is 0.422 e. The number of hydrogen-bond donors (Lipinski definition) is 1. The molecule has 0 fully saturated rings. The van der Waals surface area contributed by atoms with Crippen LogP contribution in [0.2, 0.25) is 5.02 Å². The molecule has 0 radical (unpaired) electrons. The second-order valence-corrected chi connectivity index (χ2v) is 7.29. The van der Waals surface area contributed by atoms with Gasteiger partial charge in [-0.3, -0.25) is 4.72 Å². The van der Waals surface area contributed by atoms with Crippen molar-refractivity contribution in [3.05, 3.63) is 41.4 Å². The van der Waals surface area contributed by atoms with Crippen LogP contribution in [0.3, 0.4) is 0 Å². The first-order chi connectivity index (χ1) is 12.6. The van der Waals surface area contributed by atoms with Gasteiger partial charge in [0.2, 0.25) is 0 Å². The van der Waals surface area contributed by atoms with E-state index in [0.717, 1.165) is 12.1 Å². The van der Waals surface area contributed by atoms with Gasteiger partial charge < -0.3 is 14.2 Å². The van der Waals surface area contributed by atoms with Gasteiger partial charge in [0, 0.05) is 11.1 Å². The first kappa shape index (κ1) is 21.0. The predicted octanol–water partition coefficient (Wildman–Crippen LogP) is 4.10. The summed E-state index contributed by atoms with van der Waals surface area (Å²) in [5, 5.41) is 0.111. The van der Waals surface area contributed by atoms with Gasteiger partial charge in [-0.15, -0.1) is 0 Å². The Bertz CT molecular complexity index is 919. The number of ether oxygens (including phenoxy) is 3. The topological polar surface area (TPSA) is 73.9 Å². The fourth-order valence-corrected chi connectivity index (χ4v) is 3.30. The van der Waals surface area contributed by atoms with E-state index >= 15 is 0 Å². The van der Waals surface area contributed by atoms with Crippen LogP contribution >= 0.6 is 11.6 Å². The summed E-state index contributed by atoms with van der Waals surface area (Å²) in [6.07, 6.45) is -4.58. The number of hydrogen-bond acceptors (Lipinski definition) is 5. The number of sulfonamides is 1. The second-order valence-electron chi connectivity index (χ2n) is 5.17. The van der Waals surface area contributed by atoms with E-state index < -0.39 is 22.8 Å². The van der Waals surface area contributed by atoms with Crippen LogP contribution in [-0.4, -0.2) is 35.4 Å². The Labute approximate surface area is 158 Å². The van der Waals surface area contributed by atoms with Crippen molar-refractivity contribution in [1.29, 1.82) is 0 Å². The molecule has 0 saturated heterocycles. The van der Waals surface area contributed by atoms with E-state index in [1.165, 1.54) is 38.5 Å². The normalized spacial score (nSPS) is 11.8. The zero-order valence-corrected chi connectivity index (χ0v) is 15.7. The number of rotatable bonds is 7. The quantitative estimate of drug-likeness (QED) is 0.723. The lowest BCUT2D eigenvalue weighted by Crippen LogP contribution is -2.20. The van der Waals surface area contributed by atoms with Gasteiger partial charge in [0.25, 0.3) is 10.0 Å². The Hall–Kier alpha value is -2.33. The number of methoxy groups -OCH3 is 2. The molecule has 0 unspecified atom stereocenters. The molecule has 0 aliphatic rings. The lowest BCUT2D eigenvalue weighted by atomic mass is 10.3. The van der Waals surface area contributed by atoms with Gasteiger partial charge in [-0.25, -0.2) is 8.42 Å². The minimum Gasteiger partial charge on any atom is -0.493 e. The minimum absolute atomic E-state index is 0.111. The third-order valence-electron chi connectivity index (χ3n) is 3.24. The van der Waals surface area contributed by atoms with E-state index in [0.29, 0.717) is 5.75 Å². The second kappa shape index (κ2) is 8.13. The molecule has 0 heterocycles. The van der Waals surface area contributed by atoms with Gasteiger partial charge in [-0.1, -0.05) is 11.6 Å². The smallest absolute Gasteiger partial charge is 0.422 e. The third kappa shape index (κ3) is 5.57. The first-order valence-corrected chi connectivity index (χ1v) is 9.16. The Morgan fingerprint density at radius 2 is 1.63 bits per heavy atom. The zero-order valence-electron chi connectivity index (χ0n) is 14.1. The van der Waals surface area contributed by atoms with Gasteiger partial charge in [0.05, 0.1) is 24.8 Å². The number of benzene rings is 2. The molecule has 0 aromatic heterocycles. The summed E-state index contributed by atoms with van der Waals surface area (Å²) in [6, 6.07) is 7.41. The zero-order chi connectivity index (χ0) is 20.2. The minimum atomic E-state index is -4.58. The van der Waals surface area contributed by atoms with E-state index in [1.807, 2.05) is 0 Å². The van der Waals surface area contributed by atoms with E-state index in [9.17, 15) is 21.6 Å². The lowest BCUT2D eigenvalue weighted by molar-refractivity contribution is -0.153. The molecule has 11 heteroatoms. The van der Waals surface area contributed by atoms with Crippen molar-refractivity contribution in [3.63, 3.8) is 0 Å². The summed E-state index contributed by atoms with van der Waals surface area (Å²) in [5.74, 6) is 0.161. The average molecular weight is 426 g/mol. The number of nitrogens with one attached hydrogen (secondary N) is 1. The van der Waals surface area contributed by atoms with Crippen molar-refractivity contribution in [1.82, 2.24) is 0 Å². The maximum absolute atomic E-state index is 12.6. The first-order valence-electron chi connectivity index (χ1n) is 7.29. The summed E-state index contributed by atoms with van der Waals surface area (Å²) in [5.41, 5.74) is -0.235. The molecule has 0 atom stereocenters. The van der Waals surface area contributed by atoms with E-state index in [2.05, 4.69) is 9.46 Å². The van der Waals surface area contributed by atoms with Crippen molar-refractivity contribution in [2.24, 2.45) is 0 Å². The van der Waals surface area contributed by atoms with Crippen LogP contribution in [-0.2, 0) is 10.0 Å². The molecule has 0 spiro atoms.